The average molecular weight is 376 g/mol. The third-order valence-corrected chi connectivity index (χ3v) is 3.92. The van der Waals surface area contributed by atoms with E-state index in [0.717, 1.165) is 4.47 Å². The van der Waals surface area contributed by atoms with E-state index < -0.39 is 0 Å². The maximum atomic E-state index is 12.4. The van der Waals surface area contributed by atoms with Gasteiger partial charge in [0.1, 0.15) is 0 Å². The molecule has 0 aromatic heterocycles. The molecule has 0 heterocycles. The lowest BCUT2D eigenvalue weighted by Crippen LogP contribution is -2.47. The highest BCUT2D eigenvalue weighted by atomic mass is 79.9. The summed E-state index contributed by atoms with van der Waals surface area (Å²) in [7, 11) is 0. The van der Waals surface area contributed by atoms with E-state index in [1.807, 2.05) is 27.7 Å². The van der Waals surface area contributed by atoms with Crippen LogP contribution in [0.2, 0.25) is 5.02 Å². The molecule has 6 heteroatoms. The molecule has 4 nitrogen and oxygen atoms in total. The van der Waals surface area contributed by atoms with Crippen LogP contribution in [0, 0.1) is 0 Å². The first-order valence-electron chi connectivity index (χ1n) is 6.69. The van der Waals surface area contributed by atoms with Gasteiger partial charge in [-0.1, -0.05) is 11.6 Å². The summed E-state index contributed by atoms with van der Waals surface area (Å²) in [5, 5.41) is 3.31. The van der Waals surface area contributed by atoms with Crippen LogP contribution in [0.15, 0.2) is 22.7 Å². The minimum Gasteiger partial charge on any atom is -0.350 e. The molecule has 0 unspecified atom stereocenters. The maximum absolute atomic E-state index is 12.4. The molecular weight excluding hydrogens is 356 g/mol. The summed E-state index contributed by atoms with van der Waals surface area (Å²) in [5.41, 5.74) is 0.147. The van der Waals surface area contributed by atoms with Gasteiger partial charge in [-0.3, -0.25) is 9.59 Å². The second-order valence-electron chi connectivity index (χ2n) is 5.75. The number of benzene rings is 1. The zero-order valence-electron chi connectivity index (χ0n) is 12.7. The average Bonchev–Trinajstić information content (AvgIpc) is 2.36. The van der Waals surface area contributed by atoms with Gasteiger partial charge in [0, 0.05) is 22.1 Å². The van der Waals surface area contributed by atoms with Crippen LogP contribution < -0.4 is 5.32 Å². The zero-order valence-corrected chi connectivity index (χ0v) is 15.0. The summed E-state index contributed by atoms with van der Waals surface area (Å²) in [6.45, 7) is 8.01. The van der Waals surface area contributed by atoms with E-state index in [1.54, 1.807) is 18.2 Å². The Morgan fingerprint density at radius 3 is 2.43 bits per heavy atom. The van der Waals surface area contributed by atoms with Gasteiger partial charge >= 0.3 is 0 Å². The van der Waals surface area contributed by atoms with Gasteiger partial charge in [-0.25, -0.2) is 0 Å². The molecule has 1 rings (SSSR count). The van der Waals surface area contributed by atoms with Crippen molar-refractivity contribution >= 4 is 39.3 Å². The fourth-order valence-corrected chi connectivity index (χ4v) is 2.20. The maximum Gasteiger partial charge on any atom is 0.254 e. The molecule has 0 radical (unpaired) electrons. The number of carbonyl (C=O) groups is 2. The second kappa shape index (κ2) is 7.27. The Morgan fingerprint density at radius 1 is 1.33 bits per heavy atom. The van der Waals surface area contributed by atoms with Gasteiger partial charge in [-0.15, -0.1) is 0 Å². The Bertz CT molecular complexity index is 541. The first-order valence-corrected chi connectivity index (χ1v) is 7.86. The van der Waals surface area contributed by atoms with Crippen LogP contribution in [0.5, 0.6) is 0 Å². The van der Waals surface area contributed by atoms with E-state index in [0.29, 0.717) is 17.1 Å². The van der Waals surface area contributed by atoms with Crippen LogP contribution in [0.3, 0.4) is 0 Å². The van der Waals surface area contributed by atoms with Crippen molar-refractivity contribution in [3.63, 3.8) is 0 Å². The first kappa shape index (κ1) is 18.0. The number of amides is 2. The first-order chi connectivity index (χ1) is 9.64. The number of nitrogens with zero attached hydrogens (tertiary/aromatic N) is 1. The fraction of sp³-hybridized carbons (Fsp3) is 0.467. The third kappa shape index (κ3) is 5.67. The van der Waals surface area contributed by atoms with Crippen molar-refractivity contribution in [1.82, 2.24) is 10.2 Å². The Kier molecular flexibility index (Phi) is 6.23. The molecule has 0 fully saturated rings. The molecule has 0 saturated carbocycles. The number of hydrogen-bond donors (Lipinski definition) is 1. The molecule has 2 amide bonds. The minimum atomic E-state index is -0.319. The summed E-state index contributed by atoms with van der Waals surface area (Å²) >= 11 is 9.29. The minimum absolute atomic E-state index is 0.0281. The van der Waals surface area contributed by atoms with E-state index >= 15 is 0 Å². The van der Waals surface area contributed by atoms with Crippen molar-refractivity contribution in [2.45, 2.75) is 33.2 Å². The lowest BCUT2D eigenvalue weighted by Gasteiger charge is -2.25. The van der Waals surface area contributed by atoms with Crippen LogP contribution in [0.25, 0.3) is 0 Å². The molecule has 0 aliphatic heterocycles. The van der Waals surface area contributed by atoms with Gasteiger partial charge in [0.25, 0.3) is 5.91 Å². The SMILES string of the molecule is CCN(CC(=O)NC(C)(C)C)C(=O)c1ccc(Br)c(Cl)c1. The molecule has 0 spiro atoms. The summed E-state index contributed by atoms with van der Waals surface area (Å²) in [6, 6.07) is 5.00. The normalized spacial score (nSPS) is 11.1. The molecule has 1 aromatic carbocycles. The summed E-state index contributed by atoms with van der Waals surface area (Å²) in [6.07, 6.45) is 0. The molecule has 0 bridgehead atoms. The monoisotopic (exact) mass is 374 g/mol. The van der Waals surface area contributed by atoms with E-state index in [2.05, 4.69) is 21.2 Å². The van der Waals surface area contributed by atoms with Crippen molar-refractivity contribution in [3.8, 4) is 0 Å². The molecular formula is C15H20BrClN2O2. The van der Waals surface area contributed by atoms with E-state index in [9.17, 15) is 9.59 Å². The van der Waals surface area contributed by atoms with Gasteiger partial charge in [-0.05, 0) is 61.8 Å². The number of carbonyl (C=O) groups excluding carboxylic acids is 2. The van der Waals surface area contributed by atoms with Crippen molar-refractivity contribution in [1.29, 1.82) is 0 Å². The van der Waals surface area contributed by atoms with E-state index in [4.69, 9.17) is 11.6 Å². The van der Waals surface area contributed by atoms with Gasteiger partial charge in [-0.2, -0.15) is 0 Å². The Labute approximate surface area is 139 Å². The standard InChI is InChI=1S/C15H20BrClN2O2/c1-5-19(9-13(20)18-15(2,3)4)14(21)10-6-7-11(16)12(17)8-10/h6-8H,5,9H2,1-4H3,(H,18,20). The summed E-state index contributed by atoms with van der Waals surface area (Å²) in [4.78, 5) is 25.8. The lowest BCUT2D eigenvalue weighted by atomic mass is 10.1. The third-order valence-electron chi connectivity index (χ3n) is 2.68. The highest BCUT2D eigenvalue weighted by Crippen LogP contribution is 2.23. The molecule has 0 aliphatic carbocycles. The summed E-state index contributed by atoms with van der Waals surface area (Å²) < 4.78 is 0.731. The van der Waals surface area contributed by atoms with Gasteiger partial charge in [0.15, 0.2) is 0 Å². The Hall–Kier alpha value is -1.07. The smallest absolute Gasteiger partial charge is 0.254 e. The van der Waals surface area contributed by atoms with E-state index in [-0.39, 0.29) is 23.9 Å². The van der Waals surface area contributed by atoms with Crippen LogP contribution in [0.4, 0.5) is 0 Å². The van der Waals surface area contributed by atoms with Crippen LogP contribution in [-0.4, -0.2) is 35.3 Å². The largest absolute Gasteiger partial charge is 0.350 e. The van der Waals surface area contributed by atoms with E-state index in [1.165, 1.54) is 4.90 Å². The molecule has 116 valence electrons. The molecule has 0 aliphatic rings. The van der Waals surface area contributed by atoms with Gasteiger partial charge < -0.3 is 10.2 Å². The van der Waals surface area contributed by atoms with Crippen molar-refractivity contribution in [2.24, 2.45) is 0 Å². The van der Waals surface area contributed by atoms with Crippen molar-refractivity contribution in [3.05, 3.63) is 33.3 Å². The lowest BCUT2D eigenvalue weighted by molar-refractivity contribution is -0.123. The van der Waals surface area contributed by atoms with Crippen LogP contribution >= 0.6 is 27.5 Å². The molecule has 0 saturated heterocycles. The quantitative estimate of drug-likeness (QED) is 0.876. The second-order valence-corrected chi connectivity index (χ2v) is 7.01. The predicted octanol–water partition coefficient (Wildman–Crippen LogP) is 3.48. The number of likely N-dealkylation sites (N-methyl/N-ethyl adjacent to an activating group) is 1. The number of halogens is 2. The number of nitrogens with one attached hydrogen (secondary N) is 1. The van der Waals surface area contributed by atoms with Crippen LogP contribution in [-0.2, 0) is 4.79 Å². The number of rotatable bonds is 4. The predicted molar refractivity (Wildman–Crippen MR) is 88.6 cm³/mol. The fourth-order valence-electron chi connectivity index (χ4n) is 1.77. The molecule has 1 aromatic rings. The van der Waals surface area contributed by atoms with Crippen LogP contribution in [0.1, 0.15) is 38.1 Å². The van der Waals surface area contributed by atoms with Crippen molar-refractivity contribution < 1.29 is 9.59 Å². The zero-order chi connectivity index (χ0) is 16.2. The highest BCUT2D eigenvalue weighted by molar-refractivity contribution is 9.10. The Morgan fingerprint density at radius 2 is 1.95 bits per heavy atom. The topological polar surface area (TPSA) is 49.4 Å². The molecule has 0 atom stereocenters. The molecule has 1 N–H and O–H groups in total. The van der Waals surface area contributed by atoms with Gasteiger partial charge in [0.05, 0.1) is 11.6 Å². The van der Waals surface area contributed by atoms with Gasteiger partial charge in [0.2, 0.25) is 5.91 Å². The highest BCUT2D eigenvalue weighted by Gasteiger charge is 2.20. The van der Waals surface area contributed by atoms with Crippen molar-refractivity contribution in [2.75, 3.05) is 13.1 Å². The molecule has 21 heavy (non-hydrogen) atoms. The summed E-state index contributed by atoms with van der Waals surface area (Å²) in [5.74, 6) is -0.392. The number of hydrogen-bond acceptors (Lipinski definition) is 2. The Balaban J connectivity index is 2.82.